The Kier molecular flexibility index (Phi) is 5.85. The molecule has 0 fully saturated rings. The number of para-hydroxylation sites is 1. The Morgan fingerprint density at radius 2 is 1.63 bits per heavy atom. The van der Waals surface area contributed by atoms with Crippen molar-refractivity contribution in [1.29, 1.82) is 0 Å². The van der Waals surface area contributed by atoms with E-state index in [0.29, 0.717) is 0 Å². The fraction of sp³-hybridized carbons (Fsp3) is 0.278. The average Bonchev–Trinajstić information content (AvgIpc) is 2.67. The number of sulfonamides is 1. The fourth-order valence-electron chi connectivity index (χ4n) is 3.02. The van der Waals surface area contributed by atoms with E-state index in [0.717, 1.165) is 48.9 Å². The third-order valence-corrected chi connectivity index (χ3v) is 6.71. The van der Waals surface area contributed by atoms with Crippen molar-refractivity contribution in [2.24, 2.45) is 0 Å². The molecular weight excluding hydrogens is 444 g/mol. The minimum atomic E-state index is -6.35. The number of hydrogen-bond acceptors (Lipinski definition) is 7. The van der Waals surface area contributed by atoms with Crippen molar-refractivity contribution in [3.8, 4) is 5.75 Å². The maximum atomic E-state index is 13.4. The fourth-order valence-corrected chi connectivity index (χ4v) is 4.45. The van der Waals surface area contributed by atoms with Crippen LogP contribution in [0.2, 0.25) is 0 Å². The zero-order valence-corrected chi connectivity index (χ0v) is 16.9. The SMILES string of the molecule is O=C(Oc1ccccc1S(=O)(=O)Nc1ccc2c(c1)CCCC2)C(F)(F)S(=O)(=O)[O-]. The van der Waals surface area contributed by atoms with Gasteiger partial charge in [0.15, 0.2) is 15.9 Å². The van der Waals surface area contributed by atoms with E-state index in [1.54, 1.807) is 18.2 Å². The van der Waals surface area contributed by atoms with Crippen LogP contribution >= 0.6 is 0 Å². The van der Waals surface area contributed by atoms with Crippen LogP contribution in [0.3, 0.4) is 0 Å². The topological polar surface area (TPSA) is 130 Å². The van der Waals surface area contributed by atoms with E-state index in [4.69, 9.17) is 0 Å². The van der Waals surface area contributed by atoms with Crippen LogP contribution in [-0.2, 0) is 37.8 Å². The van der Waals surface area contributed by atoms with Crippen LogP contribution in [0.25, 0.3) is 0 Å². The first-order valence-corrected chi connectivity index (χ1v) is 11.6. The summed E-state index contributed by atoms with van der Waals surface area (Å²) >= 11 is 0. The van der Waals surface area contributed by atoms with Crippen molar-refractivity contribution in [3.05, 3.63) is 53.6 Å². The molecule has 3 rings (SSSR count). The summed E-state index contributed by atoms with van der Waals surface area (Å²) in [6.07, 6.45) is 3.69. The average molecular weight is 460 g/mol. The highest BCUT2D eigenvalue weighted by Crippen LogP contribution is 2.30. The summed E-state index contributed by atoms with van der Waals surface area (Å²) in [5, 5.41) is -5.38. The largest absolute Gasteiger partial charge is 0.743 e. The maximum Gasteiger partial charge on any atom is 0.429 e. The molecule has 1 aliphatic rings. The van der Waals surface area contributed by atoms with Crippen LogP contribution in [-0.4, -0.2) is 32.6 Å². The Bertz CT molecular complexity index is 1190. The van der Waals surface area contributed by atoms with Gasteiger partial charge < -0.3 is 9.29 Å². The van der Waals surface area contributed by atoms with Crippen LogP contribution in [0.5, 0.6) is 5.75 Å². The van der Waals surface area contributed by atoms with Gasteiger partial charge in [-0.1, -0.05) is 18.2 Å². The Morgan fingerprint density at radius 1 is 1.00 bits per heavy atom. The van der Waals surface area contributed by atoms with E-state index >= 15 is 0 Å². The highest BCUT2D eigenvalue weighted by Gasteiger charge is 2.49. The first kappa shape index (κ1) is 22.1. The van der Waals surface area contributed by atoms with Crippen LogP contribution in [0.4, 0.5) is 14.5 Å². The molecular formula is C18H16F2NO7S2-. The normalized spacial score (nSPS) is 14.6. The molecule has 0 spiro atoms. The van der Waals surface area contributed by atoms with Crippen LogP contribution in [0.1, 0.15) is 24.0 Å². The van der Waals surface area contributed by atoms with Crippen molar-refractivity contribution in [3.63, 3.8) is 0 Å². The lowest BCUT2D eigenvalue weighted by molar-refractivity contribution is -0.151. The first-order chi connectivity index (χ1) is 13.9. The molecule has 0 heterocycles. The van der Waals surface area contributed by atoms with Gasteiger partial charge in [0, 0.05) is 5.69 Å². The lowest BCUT2D eigenvalue weighted by Gasteiger charge is -2.19. The van der Waals surface area contributed by atoms with Gasteiger partial charge in [0.25, 0.3) is 10.0 Å². The summed E-state index contributed by atoms with van der Waals surface area (Å²) in [6.45, 7) is 0. The summed E-state index contributed by atoms with van der Waals surface area (Å²) in [4.78, 5) is 10.8. The van der Waals surface area contributed by atoms with Gasteiger partial charge in [0.1, 0.15) is 4.90 Å². The van der Waals surface area contributed by atoms with Gasteiger partial charge in [0.2, 0.25) is 0 Å². The number of nitrogens with one attached hydrogen (secondary N) is 1. The van der Waals surface area contributed by atoms with E-state index in [-0.39, 0.29) is 5.69 Å². The minimum absolute atomic E-state index is 0.226. The number of carbonyl (C=O) groups is 1. The lowest BCUT2D eigenvalue weighted by Crippen LogP contribution is -2.40. The van der Waals surface area contributed by atoms with Gasteiger partial charge in [-0.25, -0.2) is 21.6 Å². The molecule has 0 amide bonds. The number of aryl methyl sites for hydroxylation is 2. The summed E-state index contributed by atoms with van der Waals surface area (Å²) in [5.74, 6) is -3.55. The first-order valence-electron chi connectivity index (χ1n) is 8.71. The van der Waals surface area contributed by atoms with Crippen molar-refractivity contribution >= 4 is 31.8 Å². The number of alkyl halides is 2. The third kappa shape index (κ3) is 4.45. The predicted molar refractivity (Wildman–Crippen MR) is 101 cm³/mol. The Balaban J connectivity index is 1.90. The smallest absolute Gasteiger partial charge is 0.429 e. The summed E-state index contributed by atoms with van der Waals surface area (Å²) in [7, 11) is -10.7. The number of carbonyl (C=O) groups excluding carboxylic acids is 1. The lowest BCUT2D eigenvalue weighted by atomic mass is 9.91. The molecule has 12 heteroatoms. The molecule has 1 N–H and O–H groups in total. The van der Waals surface area contributed by atoms with Gasteiger partial charge in [-0.2, -0.15) is 8.78 Å². The number of halogens is 2. The molecule has 0 aromatic heterocycles. The number of anilines is 1. The van der Waals surface area contributed by atoms with Gasteiger partial charge >= 0.3 is 11.2 Å². The Labute approximate surface area is 171 Å². The molecule has 0 unspecified atom stereocenters. The number of rotatable bonds is 6. The molecule has 0 saturated heterocycles. The second-order valence-electron chi connectivity index (χ2n) is 6.60. The van der Waals surface area contributed by atoms with Crippen molar-refractivity contribution in [2.75, 3.05) is 4.72 Å². The molecule has 30 heavy (non-hydrogen) atoms. The molecule has 0 radical (unpaired) electrons. The van der Waals surface area contributed by atoms with Crippen molar-refractivity contribution in [2.45, 2.75) is 35.8 Å². The molecule has 162 valence electrons. The van der Waals surface area contributed by atoms with Gasteiger partial charge in [-0.05, 0) is 61.1 Å². The quantitative estimate of drug-likeness (QED) is 0.398. The Hall–Kier alpha value is -2.57. The van der Waals surface area contributed by atoms with Crippen molar-refractivity contribution < 1.29 is 39.7 Å². The van der Waals surface area contributed by atoms with E-state index in [1.165, 1.54) is 12.1 Å². The maximum absolute atomic E-state index is 13.4. The number of fused-ring (bicyclic) bond motifs is 1. The number of ether oxygens (including phenoxy) is 1. The predicted octanol–water partition coefficient (Wildman–Crippen LogP) is 2.41. The number of benzene rings is 2. The molecule has 0 saturated carbocycles. The van der Waals surface area contributed by atoms with Crippen LogP contribution in [0.15, 0.2) is 47.4 Å². The highest BCUT2D eigenvalue weighted by molar-refractivity contribution is 7.92. The zero-order chi connectivity index (χ0) is 22.2. The monoisotopic (exact) mass is 460 g/mol. The zero-order valence-electron chi connectivity index (χ0n) is 15.3. The van der Waals surface area contributed by atoms with E-state index in [1.807, 2.05) is 0 Å². The summed E-state index contributed by atoms with van der Waals surface area (Å²) in [5.41, 5.74) is 2.32. The number of hydrogen-bond donors (Lipinski definition) is 1. The second-order valence-corrected chi connectivity index (χ2v) is 9.68. The minimum Gasteiger partial charge on any atom is -0.743 e. The number of esters is 1. The molecule has 2 aromatic rings. The molecule has 0 aliphatic heterocycles. The molecule has 1 aliphatic carbocycles. The third-order valence-electron chi connectivity index (χ3n) is 4.49. The van der Waals surface area contributed by atoms with E-state index in [9.17, 15) is 35.0 Å². The van der Waals surface area contributed by atoms with Crippen LogP contribution < -0.4 is 9.46 Å². The second kappa shape index (κ2) is 7.93. The van der Waals surface area contributed by atoms with Gasteiger partial charge in [-0.3, -0.25) is 4.72 Å². The molecule has 2 aromatic carbocycles. The van der Waals surface area contributed by atoms with Gasteiger partial charge in [0.05, 0.1) is 0 Å². The molecule has 0 atom stereocenters. The molecule has 8 nitrogen and oxygen atoms in total. The summed E-state index contributed by atoms with van der Waals surface area (Å²) < 4.78 is 90.6. The van der Waals surface area contributed by atoms with Crippen LogP contribution in [0, 0.1) is 0 Å². The Morgan fingerprint density at radius 3 is 2.30 bits per heavy atom. The van der Waals surface area contributed by atoms with E-state index in [2.05, 4.69) is 9.46 Å². The van der Waals surface area contributed by atoms with Crippen molar-refractivity contribution in [1.82, 2.24) is 0 Å². The van der Waals surface area contributed by atoms with E-state index < -0.39 is 42.0 Å². The van der Waals surface area contributed by atoms with Gasteiger partial charge in [-0.15, -0.1) is 0 Å². The summed E-state index contributed by atoms with van der Waals surface area (Å²) in [6, 6.07) is 9.30. The highest BCUT2D eigenvalue weighted by atomic mass is 32.2. The molecule has 0 bridgehead atoms. The standard InChI is InChI=1S/C18H17F2NO7S2/c19-18(20,30(25,26)27)17(22)28-15-7-3-4-8-16(15)29(23,24)21-14-10-9-12-5-1-2-6-13(12)11-14/h3-4,7-11,21H,1-2,5-6H2,(H,25,26,27)/p-1.